The van der Waals surface area contributed by atoms with Crippen LogP contribution in [0.5, 0.6) is 0 Å². The smallest absolute Gasteiger partial charge is 0.235 e. The first kappa shape index (κ1) is 14.1. The molecule has 0 aliphatic heterocycles. The van der Waals surface area contributed by atoms with Gasteiger partial charge in [0.15, 0.2) is 0 Å². The molecular weight excluding hydrogens is 221 g/mol. The summed E-state index contributed by atoms with van der Waals surface area (Å²) in [5, 5.41) is -0.488. The van der Waals surface area contributed by atoms with Crippen LogP contribution in [0.4, 0.5) is 0 Å². The standard InChI is InChI=1S/C10H19Cl2NO/c11-8-6-4-2-1-3-5-7-9(12)10(13)14/h9H,1-8H2,(H2,13,14). The molecule has 0 fully saturated rings. The lowest BCUT2D eigenvalue weighted by atomic mass is 10.1. The predicted molar refractivity (Wildman–Crippen MR) is 61.9 cm³/mol. The van der Waals surface area contributed by atoms with Gasteiger partial charge in [-0.1, -0.05) is 32.1 Å². The number of rotatable bonds is 9. The van der Waals surface area contributed by atoms with Crippen LogP contribution >= 0.6 is 23.2 Å². The van der Waals surface area contributed by atoms with E-state index in [-0.39, 0.29) is 0 Å². The zero-order chi connectivity index (χ0) is 10.8. The molecule has 0 aliphatic rings. The maximum absolute atomic E-state index is 10.6. The van der Waals surface area contributed by atoms with Crippen LogP contribution < -0.4 is 5.73 Å². The molecule has 0 aromatic carbocycles. The van der Waals surface area contributed by atoms with E-state index in [9.17, 15) is 4.79 Å². The van der Waals surface area contributed by atoms with Crippen LogP contribution in [0.3, 0.4) is 0 Å². The molecule has 2 nitrogen and oxygen atoms in total. The molecule has 0 aromatic heterocycles. The van der Waals surface area contributed by atoms with Gasteiger partial charge in [0.05, 0.1) is 0 Å². The number of hydrogen-bond acceptors (Lipinski definition) is 1. The number of nitrogens with two attached hydrogens (primary N) is 1. The minimum absolute atomic E-state index is 0.409. The Hall–Kier alpha value is 0.0500. The van der Waals surface area contributed by atoms with Crippen molar-refractivity contribution in [2.45, 2.75) is 50.3 Å². The van der Waals surface area contributed by atoms with Crippen LogP contribution in [-0.2, 0) is 4.79 Å². The summed E-state index contributed by atoms with van der Waals surface area (Å²) in [6.07, 6.45) is 7.52. The summed E-state index contributed by atoms with van der Waals surface area (Å²) in [5.41, 5.74) is 5.03. The van der Waals surface area contributed by atoms with E-state index in [1.54, 1.807) is 0 Å². The molecule has 84 valence electrons. The number of primary amides is 1. The van der Waals surface area contributed by atoms with Crippen molar-refractivity contribution < 1.29 is 4.79 Å². The Morgan fingerprint density at radius 2 is 1.57 bits per heavy atom. The fourth-order valence-corrected chi connectivity index (χ4v) is 1.61. The second kappa shape index (κ2) is 9.60. The SMILES string of the molecule is NC(=O)C(Cl)CCCCCCCCCl. The first-order valence-electron chi connectivity index (χ1n) is 5.18. The van der Waals surface area contributed by atoms with Crippen LogP contribution in [0.15, 0.2) is 0 Å². The predicted octanol–water partition coefficient (Wildman–Crippen LogP) is 3.05. The highest BCUT2D eigenvalue weighted by Gasteiger charge is 2.09. The molecule has 0 saturated heterocycles. The molecule has 0 saturated carbocycles. The molecule has 4 heteroatoms. The largest absolute Gasteiger partial charge is 0.368 e. The molecule has 0 rings (SSSR count). The van der Waals surface area contributed by atoms with Crippen molar-refractivity contribution >= 4 is 29.1 Å². The summed E-state index contributed by atoms with van der Waals surface area (Å²) < 4.78 is 0. The topological polar surface area (TPSA) is 43.1 Å². The molecule has 2 N–H and O–H groups in total. The highest BCUT2D eigenvalue weighted by Crippen LogP contribution is 2.11. The zero-order valence-electron chi connectivity index (χ0n) is 8.48. The van der Waals surface area contributed by atoms with Crippen LogP contribution in [0, 0.1) is 0 Å². The van der Waals surface area contributed by atoms with E-state index in [0.717, 1.165) is 25.1 Å². The Balaban J connectivity index is 3.09. The van der Waals surface area contributed by atoms with E-state index in [4.69, 9.17) is 28.9 Å². The van der Waals surface area contributed by atoms with Crippen molar-refractivity contribution in [3.63, 3.8) is 0 Å². The van der Waals surface area contributed by atoms with Crippen molar-refractivity contribution in [2.75, 3.05) is 5.88 Å². The fourth-order valence-electron chi connectivity index (χ4n) is 1.27. The Morgan fingerprint density at radius 1 is 1.07 bits per heavy atom. The first-order chi connectivity index (χ1) is 6.68. The molecule has 0 bridgehead atoms. The normalized spacial score (nSPS) is 12.7. The molecule has 0 aliphatic carbocycles. The summed E-state index contributed by atoms with van der Waals surface area (Å²) >= 11 is 11.2. The zero-order valence-corrected chi connectivity index (χ0v) is 9.99. The summed E-state index contributed by atoms with van der Waals surface area (Å²) in [6.45, 7) is 0. The summed E-state index contributed by atoms with van der Waals surface area (Å²) in [7, 11) is 0. The minimum atomic E-state index is -0.488. The summed E-state index contributed by atoms with van der Waals surface area (Å²) in [4.78, 5) is 10.6. The molecule has 14 heavy (non-hydrogen) atoms. The van der Waals surface area contributed by atoms with E-state index in [2.05, 4.69) is 0 Å². The molecule has 1 amide bonds. The third kappa shape index (κ3) is 8.64. The molecule has 0 aromatic rings. The van der Waals surface area contributed by atoms with Gasteiger partial charge in [-0.2, -0.15) is 0 Å². The van der Waals surface area contributed by atoms with Crippen molar-refractivity contribution in [3.05, 3.63) is 0 Å². The number of halogens is 2. The average molecular weight is 240 g/mol. The van der Waals surface area contributed by atoms with Gasteiger partial charge in [-0.25, -0.2) is 0 Å². The van der Waals surface area contributed by atoms with Gasteiger partial charge >= 0.3 is 0 Å². The molecule has 0 radical (unpaired) electrons. The number of amides is 1. The maximum atomic E-state index is 10.6. The van der Waals surface area contributed by atoms with Crippen LogP contribution in [0.2, 0.25) is 0 Å². The quantitative estimate of drug-likeness (QED) is 0.488. The number of alkyl halides is 2. The molecular formula is C10H19Cl2NO. The van der Waals surface area contributed by atoms with E-state index < -0.39 is 11.3 Å². The van der Waals surface area contributed by atoms with Crippen LogP contribution in [0.1, 0.15) is 44.9 Å². The number of unbranched alkanes of at least 4 members (excludes halogenated alkanes) is 5. The van der Waals surface area contributed by atoms with Crippen molar-refractivity contribution in [3.8, 4) is 0 Å². The average Bonchev–Trinajstić information content (AvgIpc) is 2.16. The Labute approximate surface area is 96.1 Å². The van der Waals surface area contributed by atoms with Gasteiger partial charge in [0.2, 0.25) is 5.91 Å². The van der Waals surface area contributed by atoms with Gasteiger partial charge in [-0.3, -0.25) is 4.79 Å². The third-order valence-corrected chi connectivity index (χ3v) is 2.85. The van der Waals surface area contributed by atoms with Gasteiger partial charge in [-0.15, -0.1) is 23.2 Å². The van der Waals surface area contributed by atoms with E-state index in [1.165, 1.54) is 19.3 Å². The van der Waals surface area contributed by atoms with Crippen LogP contribution in [0.25, 0.3) is 0 Å². The maximum Gasteiger partial charge on any atom is 0.235 e. The van der Waals surface area contributed by atoms with Gasteiger partial charge in [0.1, 0.15) is 5.38 Å². The molecule has 0 heterocycles. The fraction of sp³-hybridized carbons (Fsp3) is 0.900. The Morgan fingerprint density at radius 3 is 2.07 bits per heavy atom. The number of carbonyl (C=O) groups is 1. The summed E-state index contributed by atoms with van der Waals surface area (Å²) in [5.74, 6) is 0.347. The second-order valence-electron chi connectivity index (χ2n) is 3.47. The van der Waals surface area contributed by atoms with Crippen molar-refractivity contribution in [1.29, 1.82) is 0 Å². The van der Waals surface area contributed by atoms with Gasteiger partial charge in [0.25, 0.3) is 0 Å². The molecule has 1 atom stereocenters. The number of carbonyl (C=O) groups excluding carboxylic acids is 1. The van der Waals surface area contributed by atoms with E-state index >= 15 is 0 Å². The van der Waals surface area contributed by atoms with Gasteiger partial charge in [0, 0.05) is 5.88 Å². The Bertz CT molecular complexity index is 153. The van der Waals surface area contributed by atoms with Crippen molar-refractivity contribution in [1.82, 2.24) is 0 Å². The highest BCUT2D eigenvalue weighted by molar-refractivity contribution is 6.30. The van der Waals surface area contributed by atoms with E-state index in [1.807, 2.05) is 0 Å². The second-order valence-corrected chi connectivity index (χ2v) is 4.37. The third-order valence-electron chi connectivity index (χ3n) is 2.15. The van der Waals surface area contributed by atoms with Crippen molar-refractivity contribution in [2.24, 2.45) is 5.73 Å². The highest BCUT2D eigenvalue weighted by atomic mass is 35.5. The minimum Gasteiger partial charge on any atom is -0.368 e. The lowest BCUT2D eigenvalue weighted by Crippen LogP contribution is -2.23. The molecule has 0 spiro atoms. The molecule has 1 unspecified atom stereocenters. The lowest BCUT2D eigenvalue weighted by molar-refractivity contribution is -0.117. The van der Waals surface area contributed by atoms with E-state index in [0.29, 0.717) is 6.42 Å². The number of hydrogen-bond donors (Lipinski definition) is 1. The lowest BCUT2D eigenvalue weighted by Gasteiger charge is -2.04. The Kier molecular flexibility index (Phi) is 9.63. The summed E-state index contributed by atoms with van der Waals surface area (Å²) in [6, 6.07) is 0. The van der Waals surface area contributed by atoms with Gasteiger partial charge in [-0.05, 0) is 12.8 Å². The van der Waals surface area contributed by atoms with Crippen LogP contribution in [-0.4, -0.2) is 17.2 Å². The first-order valence-corrected chi connectivity index (χ1v) is 6.15. The van der Waals surface area contributed by atoms with Gasteiger partial charge < -0.3 is 5.73 Å². The monoisotopic (exact) mass is 239 g/mol.